The number of benzene rings is 2. The Morgan fingerprint density at radius 3 is 2.17 bits per heavy atom. The van der Waals surface area contributed by atoms with Crippen LogP contribution >= 0.6 is 0 Å². The molecular formula is C17H17N. The van der Waals surface area contributed by atoms with Gasteiger partial charge in [-0.25, -0.2) is 0 Å². The molecule has 1 heteroatoms. The van der Waals surface area contributed by atoms with E-state index in [9.17, 15) is 0 Å². The van der Waals surface area contributed by atoms with Crippen LogP contribution in [0.5, 0.6) is 0 Å². The summed E-state index contributed by atoms with van der Waals surface area (Å²) in [6.45, 7) is 2.16. The van der Waals surface area contributed by atoms with Gasteiger partial charge in [0, 0.05) is 6.21 Å². The Hall–Kier alpha value is -2.15. The summed E-state index contributed by atoms with van der Waals surface area (Å²) in [5.74, 6) is 0. The van der Waals surface area contributed by atoms with Crippen molar-refractivity contribution in [1.82, 2.24) is 0 Å². The summed E-state index contributed by atoms with van der Waals surface area (Å²) in [5.41, 5.74) is 3.55. The van der Waals surface area contributed by atoms with Gasteiger partial charge in [0.2, 0.25) is 0 Å². The second kappa shape index (κ2) is 6.55. The lowest BCUT2D eigenvalue weighted by atomic mass is 10.0. The van der Waals surface area contributed by atoms with E-state index in [1.54, 1.807) is 0 Å². The Balaban J connectivity index is 2.14. The van der Waals surface area contributed by atoms with E-state index < -0.39 is 0 Å². The van der Waals surface area contributed by atoms with Crippen molar-refractivity contribution < 1.29 is 0 Å². The summed E-state index contributed by atoms with van der Waals surface area (Å²) in [6, 6.07) is 20.4. The van der Waals surface area contributed by atoms with Gasteiger partial charge in [0.1, 0.15) is 0 Å². The van der Waals surface area contributed by atoms with Crippen molar-refractivity contribution in [2.45, 2.75) is 13.3 Å². The van der Waals surface area contributed by atoms with Crippen LogP contribution in [0.4, 0.5) is 5.69 Å². The molecule has 0 radical (unpaired) electrons. The van der Waals surface area contributed by atoms with Gasteiger partial charge in [0.15, 0.2) is 0 Å². The number of aliphatic imine (C=N–C) groups is 1. The summed E-state index contributed by atoms with van der Waals surface area (Å²) >= 11 is 0. The van der Waals surface area contributed by atoms with Gasteiger partial charge >= 0.3 is 0 Å². The predicted molar refractivity (Wildman–Crippen MR) is 79.3 cm³/mol. The highest BCUT2D eigenvalue weighted by atomic mass is 14.7. The van der Waals surface area contributed by atoms with Crippen LogP contribution in [0.25, 0.3) is 5.57 Å². The van der Waals surface area contributed by atoms with E-state index in [0.29, 0.717) is 0 Å². The minimum absolute atomic E-state index is 0.984. The Bertz CT molecular complexity index is 524. The lowest BCUT2D eigenvalue weighted by molar-refractivity contribution is 1.24. The lowest BCUT2D eigenvalue weighted by Gasteiger charge is -2.02. The molecule has 2 aromatic carbocycles. The summed E-state index contributed by atoms with van der Waals surface area (Å²) in [6.07, 6.45) is 4.97. The van der Waals surface area contributed by atoms with Gasteiger partial charge in [-0.2, -0.15) is 0 Å². The largest absolute Gasteiger partial charge is 0.257 e. The molecule has 0 aliphatic rings. The molecule has 1 nitrogen and oxygen atoms in total. The molecule has 0 unspecified atom stereocenters. The van der Waals surface area contributed by atoms with Crippen LogP contribution < -0.4 is 0 Å². The third-order valence-corrected chi connectivity index (χ3v) is 2.78. The molecule has 0 amide bonds. The molecular weight excluding hydrogens is 218 g/mol. The van der Waals surface area contributed by atoms with E-state index >= 15 is 0 Å². The molecule has 0 aliphatic carbocycles. The van der Waals surface area contributed by atoms with Crippen LogP contribution in [-0.4, -0.2) is 6.21 Å². The SMILES string of the molecule is CC/C(=C\C=Nc1ccccc1)c1ccccc1. The van der Waals surface area contributed by atoms with Gasteiger partial charge in [-0.3, -0.25) is 4.99 Å². The third-order valence-electron chi connectivity index (χ3n) is 2.78. The monoisotopic (exact) mass is 235 g/mol. The molecule has 0 N–H and O–H groups in total. The zero-order valence-electron chi connectivity index (χ0n) is 10.6. The molecule has 0 atom stereocenters. The average molecular weight is 235 g/mol. The highest BCUT2D eigenvalue weighted by Crippen LogP contribution is 2.17. The summed E-state index contributed by atoms with van der Waals surface area (Å²) in [4.78, 5) is 4.42. The minimum Gasteiger partial charge on any atom is -0.257 e. The van der Waals surface area contributed by atoms with Crippen molar-refractivity contribution >= 4 is 17.5 Å². The maximum Gasteiger partial charge on any atom is 0.0629 e. The summed E-state index contributed by atoms with van der Waals surface area (Å²) in [7, 11) is 0. The molecule has 0 aliphatic heterocycles. The Morgan fingerprint density at radius 1 is 0.944 bits per heavy atom. The number of allylic oxidation sites excluding steroid dienone is 2. The standard InChI is InChI=1S/C17H17N/c1-2-15(16-9-5-3-6-10-16)13-14-18-17-11-7-4-8-12-17/h3-14H,2H2,1H3/b15-13+,18-14?. The quantitative estimate of drug-likeness (QED) is 0.669. The van der Waals surface area contributed by atoms with E-state index in [2.05, 4.69) is 42.3 Å². The maximum absolute atomic E-state index is 4.42. The second-order valence-electron chi connectivity index (χ2n) is 4.03. The van der Waals surface area contributed by atoms with Gasteiger partial charge < -0.3 is 0 Å². The lowest BCUT2D eigenvalue weighted by Crippen LogP contribution is -1.82. The summed E-state index contributed by atoms with van der Waals surface area (Å²) < 4.78 is 0. The van der Waals surface area contributed by atoms with E-state index in [4.69, 9.17) is 0 Å². The molecule has 2 aromatic rings. The molecule has 0 heterocycles. The number of nitrogens with zero attached hydrogens (tertiary/aromatic N) is 1. The molecule has 0 bridgehead atoms. The Kier molecular flexibility index (Phi) is 4.48. The fourth-order valence-corrected chi connectivity index (χ4v) is 1.80. The second-order valence-corrected chi connectivity index (χ2v) is 4.03. The van der Waals surface area contributed by atoms with Gasteiger partial charge in [0.05, 0.1) is 5.69 Å². The van der Waals surface area contributed by atoms with Crippen LogP contribution in [0.3, 0.4) is 0 Å². The van der Waals surface area contributed by atoms with Crippen molar-refractivity contribution in [3.8, 4) is 0 Å². The zero-order valence-corrected chi connectivity index (χ0v) is 10.6. The van der Waals surface area contributed by atoms with Crippen molar-refractivity contribution in [2.24, 2.45) is 4.99 Å². The molecule has 0 saturated heterocycles. The topological polar surface area (TPSA) is 12.4 Å². The van der Waals surface area contributed by atoms with E-state index in [1.165, 1.54) is 11.1 Å². The fraction of sp³-hybridized carbons (Fsp3) is 0.118. The van der Waals surface area contributed by atoms with Crippen molar-refractivity contribution in [2.75, 3.05) is 0 Å². The fourth-order valence-electron chi connectivity index (χ4n) is 1.80. The number of para-hydroxylation sites is 1. The molecule has 0 spiro atoms. The van der Waals surface area contributed by atoms with Crippen LogP contribution in [-0.2, 0) is 0 Å². The van der Waals surface area contributed by atoms with Crippen molar-refractivity contribution in [1.29, 1.82) is 0 Å². The molecule has 2 rings (SSSR count). The van der Waals surface area contributed by atoms with Crippen LogP contribution in [0.15, 0.2) is 71.7 Å². The van der Waals surface area contributed by atoms with E-state index in [-0.39, 0.29) is 0 Å². The smallest absolute Gasteiger partial charge is 0.0629 e. The first-order valence-corrected chi connectivity index (χ1v) is 6.24. The first-order chi connectivity index (χ1) is 8.90. The normalized spacial score (nSPS) is 11.9. The Labute approximate surface area is 109 Å². The van der Waals surface area contributed by atoms with Crippen LogP contribution in [0, 0.1) is 0 Å². The molecule has 90 valence electrons. The minimum atomic E-state index is 0.984. The average Bonchev–Trinajstić information content (AvgIpc) is 2.46. The predicted octanol–water partition coefficient (Wildman–Crippen LogP) is 4.88. The van der Waals surface area contributed by atoms with Gasteiger partial charge in [-0.1, -0.05) is 55.5 Å². The highest BCUT2D eigenvalue weighted by molar-refractivity contribution is 5.85. The first-order valence-electron chi connectivity index (χ1n) is 6.24. The molecule has 18 heavy (non-hydrogen) atoms. The third kappa shape index (κ3) is 3.42. The summed E-state index contributed by atoms with van der Waals surface area (Å²) in [5, 5.41) is 0. The zero-order chi connectivity index (χ0) is 12.6. The van der Waals surface area contributed by atoms with Crippen molar-refractivity contribution in [3.05, 3.63) is 72.3 Å². The molecule has 0 aromatic heterocycles. The van der Waals surface area contributed by atoms with Gasteiger partial charge in [-0.05, 0) is 35.8 Å². The van der Waals surface area contributed by atoms with Crippen LogP contribution in [0.2, 0.25) is 0 Å². The van der Waals surface area contributed by atoms with Crippen LogP contribution in [0.1, 0.15) is 18.9 Å². The highest BCUT2D eigenvalue weighted by Gasteiger charge is 1.95. The van der Waals surface area contributed by atoms with Gasteiger partial charge in [0.25, 0.3) is 0 Å². The van der Waals surface area contributed by atoms with E-state index in [1.807, 2.05) is 42.6 Å². The van der Waals surface area contributed by atoms with E-state index in [0.717, 1.165) is 12.1 Å². The molecule has 0 saturated carbocycles. The number of rotatable bonds is 4. The van der Waals surface area contributed by atoms with Gasteiger partial charge in [-0.15, -0.1) is 0 Å². The number of hydrogen-bond acceptors (Lipinski definition) is 1. The Morgan fingerprint density at radius 2 is 1.56 bits per heavy atom. The maximum atomic E-state index is 4.42. The van der Waals surface area contributed by atoms with Crippen molar-refractivity contribution in [3.63, 3.8) is 0 Å². The number of hydrogen-bond donors (Lipinski definition) is 0. The molecule has 0 fully saturated rings. The first kappa shape index (κ1) is 12.3.